The summed E-state index contributed by atoms with van der Waals surface area (Å²) in [4.78, 5) is 12.0. The average molecular weight is 290 g/mol. The number of carbonyl (C=O) groups is 1. The van der Waals surface area contributed by atoms with Gasteiger partial charge in [-0.25, -0.2) is 0 Å². The van der Waals surface area contributed by atoms with E-state index in [1.165, 1.54) is 5.39 Å². The molecule has 106 valence electrons. The van der Waals surface area contributed by atoms with Crippen LogP contribution in [0.3, 0.4) is 0 Å². The summed E-state index contributed by atoms with van der Waals surface area (Å²) in [6, 6.07) is 14.2. The van der Waals surface area contributed by atoms with E-state index in [1.54, 1.807) is 0 Å². The summed E-state index contributed by atoms with van der Waals surface area (Å²) in [6.45, 7) is 2.67. The maximum atomic E-state index is 12.0. The SMILES string of the molecule is CC(Cl)CCCNC(=O)Cc1cccc2ccccc12. The molecule has 2 rings (SSSR count). The lowest BCUT2D eigenvalue weighted by Gasteiger charge is -2.08. The first-order valence-corrected chi connectivity index (χ1v) is 7.48. The lowest BCUT2D eigenvalue weighted by molar-refractivity contribution is -0.120. The van der Waals surface area contributed by atoms with Crippen LogP contribution in [0.15, 0.2) is 42.5 Å². The first kappa shape index (κ1) is 14.9. The van der Waals surface area contributed by atoms with E-state index in [1.807, 2.05) is 31.2 Å². The van der Waals surface area contributed by atoms with Crippen molar-refractivity contribution >= 4 is 28.3 Å². The van der Waals surface area contributed by atoms with Crippen LogP contribution in [0.5, 0.6) is 0 Å². The number of benzene rings is 2. The third kappa shape index (κ3) is 4.24. The minimum Gasteiger partial charge on any atom is -0.356 e. The fourth-order valence-corrected chi connectivity index (χ4v) is 2.45. The molecule has 0 bridgehead atoms. The number of rotatable bonds is 6. The van der Waals surface area contributed by atoms with Crippen molar-refractivity contribution in [2.45, 2.75) is 31.6 Å². The smallest absolute Gasteiger partial charge is 0.224 e. The highest BCUT2D eigenvalue weighted by Crippen LogP contribution is 2.18. The lowest BCUT2D eigenvalue weighted by atomic mass is 10.0. The molecule has 3 heteroatoms. The number of nitrogens with one attached hydrogen (secondary N) is 1. The fourth-order valence-electron chi connectivity index (χ4n) is 2.29. The van der Waals surface area contributed by atoms with Crippen LogP contribution in [0.4, 0.5) is 0 Å². The van der Waals surface area contributed by atoms with E-state index in [2.05, 4.69) is 23.5 Å². The molecule has 2 nitrogen and oxygen atoms in total. The van der Waals surface area contributed by atoms with Gasteiger partial charge in [0.05, 0.1) is 6.42 Å². The first-order chi connectivity index (χ1) is 9.66. The second-order valence-electron chi connectivity index (χ2n) is 5.09. The molecule has 0 aliphatic carbocycles. The number of fused-ring (bicyclic) bond motifs is 1. The first-order valence-electron chi connectivity index (χ1n) is 7.04. The van der Waals surface area contributed by atoms with Crippen molar-refractivity contribution in [2.75, 3.05) is 6.54 Å². The highest BCUT2D eigenvalue weighted by molar-refractivity contribution is 6.20. The second kappa shape index (κ2) is 7.30. The van der Waals surface area contributed by atoms with Crippen LogP contribution in [0.25, 0.3) is 10.8 Å². The van der Waals surface area contributed by atoms with Crippen LogP contribution >= 0.6 is 11.6 Å². The van der Waals surface area contributed by atoms with Gasteiger partial charge in [-0.3, -0.25) is 4.79 Å². The Labute approximate surface area is 125 Å². The van der Waals surface area contributed by atoms with Crippen LogP contribution in [-0.4, -0.2) is 17.8 Å². The predicted octanol–water partition coefficient (Wildman–Crippen LogP) is 3.91. The molecule has 1 amide bonds. The molecule has 0 saturated heterocycles. The van der Waals surface area contributed by atoms with Gasteiger partial charge in [-0.05, 0) is 36.1 Å². The zero-order valence-electron chi connectivity index (χ0n) is 11.7. The topological polar surface area (TPSA) is 29.1 Å². The van der Waals surface area contributed by atoms with Gasteiger partial charge in [-0.15, -0.1) is 11.6 Å². The zero-order valence-corrected chi connectivity index (χ0v) is 12.5. The van der Waals surface area contributed by atoms with E-state index < -0.39 is 0 Å². The molecule has 0 saturated carbocycles. The van der Waals surface area contributed by atoms with Crippen molar-refractivity contribution in [3.8, 4) is 0 Å². The molecule has 0 aliphatic rings. The Hall–Kier alpha value is -1.54. The maximum Gasteiger partial charge on any atom is 0.224 e. The summed E-state index contributed by atoms with van der Waals surface area (Å²) in [5.74, 6) is 0.0728. The predicted molar refractivity (Wildman–Crippen MR) is 85.2 cm³/mol. The number of hydrogen-bond donors (Lipinski definition) is 1. The van der Waals surface area contributed by atoms with Crippen LogP contribution in [-0.2, 0) is 11.2 Å². The van der Waals surface area contributed by atoms with Crippen LogP contribution in [0.1, 0.15) is 25.3 Å². The molecule has 0 radical (unpaired) electrons. The minimum atomic E-state index is 0.0728. The normalized spacial score (nSPS) is 12.3. The summed E-state index contributed by atoms with van der Waals surface area (Å²) in [5, 5.41) is 5.45. The van der Waals surface area contributed by atoms with Crippen LogP contribution < -0.4 is 5.32 Å². The van der Waals surface area contributed by atoms with Gasteiger partial charge < -0.3 is 5.32 Å². The van der Waals surface area contributed by atoms with Crippen LogP contribution in [0, 0.1) is 0 Å². The van der Waals surface area contributed by atoms with Gasteiger partial charge in [0.25, 0.3) is 0 Å². The van der Waals surface area contributed by atoms with Gasteiger partial charge in [0.15, 0.2) is 0 Å². The molecule has 20 heavy (non-hydrogen) atoms. The Bertz CT molecular complexity index is 575. The summed E-state index contributed by atoms with van der Waals surface area (Å²) < 4.78 is 0. The van der Waals surface area contributed by atoms with E-state index in [9.17, 15) is 4.79 Å². The van der Waals surface area contributed by atoms with Gasteiger partial charge in [-0.1, -0.05) is 42.5 Å². The standard InChI is InChI=1S/C17H20ClNO/c1-13(18)6-5-11-19-17(20)12-15-9-4-8-14-7-2-3-10-16(14)15/h2-4,7-10,13H,5-6,11-12H2,1H3,(H,19,20). The Morgan fingerprint density at radius 1 is 1.20 bits per heavy atom. The number of carbonyl (C=O) groups excluding carboxylic acids is 1. The number of amides is 1. The monoisotopic (exact) mass is 289 g/mol. The van der Waals surface area contributed by atoms with Crippen molar-refractivity contribution in [2.24, 2.45) is 0 Å². The maximum absolute atomic E-state index is 12.0. The highest BCUT2D eigenvalue weighted by atomic mass is 35.5. The van der Waals surface area contributed by atoms with Crippen LogP contribution in [0.2, 0.25) is 0 Å². The third-order valence-corrected chi connectivity index (χ3v) is 3.55. The van der Waals surface area contributed by atoms with Gasteiger partial charge in [0.1, 0.15) is 0 Å². The van der Waals surface area contributed by atoms with Crippen molar-refractivity contribution < 1.29 is 4.79 Å². The summed E-state index contributed by atoms with van der Waals surface area (Å²) in [5.41, 5.74) is 1.08. The van der Waals surface area contributed by atoms with Gasteiger partial charge >= 0.3 is 0 Å². The van der Waals surface area contributed by atoms with Gasteiger partial charge in [0, 0.05) is 11.9 Å². The van der Waals surface area contributed by atoms with E-state index in [4.69, 9.17) is 11.6 Å². The average Bonchev–Trinajstić information content (AvgIpc) is 2.44. The van der Waals surface area contributed by atoms with Crippen molar-refractivity contribution in [3.63, 3.8) is 0 Å². The molecule has 2 aromatic carbocycles. The quantitative estimate of drug-likeness (QED) is 0.634. The van der Waals surface area contributed by atoms with Gasteiger partial charge in [-0.2, -0.15) is 0 Å². The molecule has 0 aromatic heterocycles. The van der Waals surface area contributed by atoms with Crippen molar-refractivity contribution in [1.82, 2.24) is 5.32 Å². The molecular weight excluding hydrogens is 270 g/mol. The van der Waals surface area contributed by atoms with E-state index in [-0.39, 0.29) is 11.3 Å². The number of alkyl halides is 1. The molecule has 1 atom stereocenters. The fraction of sp³-hybridized carbons (Fsp3) is 0.353. The lowest BCUT2D eigenvalue weighted by Crippen LogP contribution is -2.26. The van der Waals surface area contributed by atoms with Gasteiger partial charge in [0.2, 0.25) is 5.91 Å². The van der Waals surface area contributed by atoms with E-state index in [0.717, 1.165) is 23.8 Å². The largest absolute Gasteiger partial charge is 0.356 e. The Balaban J connectivity index is 1.93. The van der Waals surface area contributed by atoms with E-state index >= 15 is 0 Å². The summed E-state index contributed by atoms with van der Waals surface area (Å²) in [6.07, 6.45) is 2.28. The number of halogens is 1. The zero-order chi connectivity index (χ0) is 14.4. The molecule has 0 heterocycles. The number of hydrogen-bond acceptors (Lipinski definition) is 1. The van der Waals surface area contributed by atoms with Crippen molar-refractivity contribution in [1.29, 1.82) is 0 Å². The minimum absolute atomic E-state index is 0.0728. The molecule has 1 N–H and O–H groups in total. The molecule has 1 unspecified atom stereocenters. The highest BCUT2D eigenvalue weighted by Gasteiger charge is 2.06. The summed E-state index contributed by atoms with van der Waals surface area (Å²) >= 11 is 5.88. The van der Waals surface area contributed by atoms with Crippen molar-refractivity contribution in [3.05, 3.63) is 48.0 Å². The molecule has 0 fully saturated rings. The molecule has 0 spiro atoms. The second-order valence-corrected chi connectivity index (χ2v) is 5.83. The molecule has 2 aromatic rings. The third-order valence-electron chi connectivity index (χ3n) is 3.33. The summed E-state index contributed by atoms with van der Waals surface area (Å²) in [7, 11) is 0. The Kier molecular flexibility index (Phi) is 5.42. The Morgan fingerprint density at radius 2 is 1.95 bits per heavy atom. The molecular formula is C17H20ClNO. The van der Waals surface area contributed by atoms with E-state index in [0.29, 0.717) is 13.0 Å². The Morgan fingerprint density at radius 3 is 2.75 bits per heavy atom. The molecule has 0 aliphatic heterocycles.